The number of Topliss-reactive ketones (excluding diaryl/α,β-unsaturated/α-hetero) is 1. The predicted octanol–water partition coefficient (Wildman–Crippen LogP) is 2.21. The van der Waals surface area contributed by atoms with Gasteiger partial charge in [-0.3, -0.25) is 18.7 Å². The molecule has 0 spiro atoms. The van der Waals surface area contributed by atoms with Gasteiger partial charge >= 0.3 is 5.69 Å². The van der Waals surface area contributed by atoms with Crippen LogP contribution in [0.1, 0.15) is 48.8 Å². The van der Waals surface area contributed by atoms with Gasteiger partial charge in [-0.25, -0.2) is 4.79 Å². The van der Waals surface area contributed by atoms with Crippen molar-refractivity contribution in [3.63, 3.8) is 0 Å². The van der Waals surface area contributed by atoms with Crippen LogP contribution in [0.2, 0.25) is 0 Å². The lowest BCUT2D eigenvalue weighted by molar-refractivity contribution is -0.116. The molecule has 1 aliphatic heterocycles. The first-order valence-electron chi connectivity index (χ1n) is 9.36. The summed E-state index contributed by atoms with van der Waals surface area (Å²) >= 11 is 0. The molecule has 2 aliphatic rings. The molecule has 6 nitrogen and oxygen atoms in total. The smallest absolute Gasteiger partial charge is 0.332 e. The zero-order valence-corrected chi connectivity index (χ0v) is 15.8. The molecule has 2 heterocycles. The zero-order valence-electron chi connectivity index (χ0n) is 15.8. The molecule has 27 heavy (non-hydrogen) atoms. The Labute approximate surface area is 157 Å². The average molecular weight is 365 g/mol. The van der Waals surface area contributed by atoms with E-state index < -0.39 is 5.92 Å². The number of carbonyl (C=O) groups excluding carboxylic acids is 1. The lowest BCUT2D eigenvalue weighted by Gasteiger charge is -2.34. The minimum Gasteiger partial charge on any atom is -0.344 e. The molecular weight excluding hydrogens is 342 g/mol. The highest BCUT2D eigenvalue weighted by Gasteiger charge is 2.38. The molecule has 1 N–H and O–H groups in total. The maximum atomic E-state index is 13.1. The molecule has 1 aromatic heterocycles. The van der Waals surface area contributed by atoms with E-state index in [0.29, 0.717) is 23.4 Å². The minimum absolute atomic E-state index is 0.0786. The molecule has 1 aliphatic carbocycles. The van der Waals surface area contributed by atoms with E-state index in [1.807, 2.05) is 24.3 Å². The number of hydrogen-bond donors (Lipinski definition) is 1. The summed E-state index contributed by atoms with van der Waals surface area (Å²) in [6.07, 6.45) is 2.94. The molecule has 0 saturated carbocycles. The van der Waals surface area contributed by atoms with Gasteiger partial charge in [0.2, 0.25) is 0 Å². The van der Waals surface area contributed by atoms with Crippen molar-refractivity contribution >= 4 is 11.6 Å². The quantitative estimate of drug-likeness (QED) is 0.886. The summed E-state index contributed by atoms with van der Waals surface area (Å²) in [6.45, 7) is 2.09. The predicted molar refractivity (Wildman–Crippen MR) is 104 cm³/mol. The van der Waals surface area contributed by atoms with Gasteiger partial charge in [0.25, 0.3) is 5.56 Å². The Kier molecular flexibility index (Phi) is 4.13. The lowest BCUT2D eigenvalue weighted by Crippen LogP contribution is -2.44. The van der Waals surface area contributed by atoms with Crippen LogP contribution in [0.25, 0.3) is 0 Å². The number of aryl methyl sites for hydroxylation is 1. The lowest BCUT2D eigenvalue weighted by atomic mass is 9.76. The molecule has 2 aromatic rings. The van der Waals surface area contributed by atoms with Gasteiger partial charge in [0.05, 0.1) is 5.56 Å². The fraction of sp³-hybridized carbons (Fsp3) is 0.381. The molecule has 0 saturated heterocycles. The number of nitrogens with one attached hydrogen (secondary N) is 1. The number of hydrogen-bond acceptors (Lipinski definition) is 4. The molecule has 0 radical (unpaired) electrons. The van der Waals surface area contributed by atoms with E-state index in [9.17, 15) is 14.4 Å². The Morgan fingerprint density at radius 2 is 1.74 bits per heavy atom. The number of rotatable bonds is 2. The second-order valence-electron chi connectivity index (χ2n) is 7.29. The molecule has 1 aromatic carbocycles. The highest BCUT2D eigenvalue weighted by Crippen LogP contribution is 2.43. The Hall–Kier alpha value is -2.89. The second kappa shape index (κ2) is 6.37. The van der Waals surface area contributed by atoms with Crippen molar-refractivity contribution in [3.8, 4) is 0 Å². The van der Waals surface area contributed by atoms with E-state index in [1.54, 1.807) is 7.05 Å². The number of anilines is 1. The van der Waals surface area contributed by atoms with Crippen molar-refractivity contribution in [3.05, 3.63) is 73.1 Å². The summed E-state index contributed by atoms with van der Waals surface area (Å²) in [5, 5.41) is 3.24. The third-order valence-electron chi connectivity index (χ3n) is 5.72. The van der Waals surface area contributed by atoms with E-state index in [4.69, 9.17) is 0 Å². The fourth-order valence-corrected chi connectivity index (χ4v) is 4.18. The Balaban J connectivity index is 2.04. The first-order valence-corrected chi connectivity index (χ1v) is 9.36. The summed E-state index contributed by atoms with van der Waals surface area (Å²) in [7, 11) is 3.13. The highest BCUT2D eigenvalue weighted by atomic mass is 16.2. The van der Waals surface area contributed by atoms with E-state index in [1.165, 1.54) is 17.2 Å². The largest absolute Gasteiger partial charge is 0.344 e. The van der Waals surface area contributed by atoms with Gasteiger partial charge in [0.15, 0.2) is 5.78 Å². The van der Waals surface area contributed by atoms with Crippen molar-refractivity contribution in [2.24, 2.45) is 14.1 Å². The Bertz CT molecular complexity index is 1090. The van der Waals surface area contributed by atoms with E-state index in [-0.39, 0.29) is 17.0 Å². The number of nitrogens with zero attached hydrogens (tertiary/aromatic N) is 2. The molecule has 4 rings (SSSR count). The van der Waals surface area contributed by atoms with Gasteiger partial charge in [-0.05, 0) is 30.4 Å². The average Bonchev–Trinajstić information content (AvgIpc) is 2.69. The summed E-state index contributed by atoms with van der Waals surface area (Å²) in [5.74, 6) is 0.136. The van der Waals surface area contributed by atoms with Crippen molar-refractivity contribution in [2.75, 3.05) is 5.32 Å². The second-order valence-corrected chi connectivity index (χ2v) is 7.29. The van der Waals surface area contributed by atoms with Crippen molar-refractivity contribution < 1.29 is 4.79 Å². The van der Waals surface area contributed by atoms with Gasteiger partial charge in [-0.15, -0.1) is 0 Å². The first kappa shape index (κ1) is 17.5. The third kappa shape index (κ3) is 2.59. The van der Waals surface area contributed by atoms with Gasteiger partial charge < -0.3 is 5.32 Å². The van der Waals surface area contributed by atoms with Crippen LogP contribution in [0.15, 0.2) is 45.1 Å². The first-order chi connectivity index (χ1) is 12.9. The number of aromatic nitrogens is 2. The summed E-state index contributed by atoms with van der Waals surface area (Å²) in [5.41, 5.74) is 3.37. The van der Waals surface area contributed by atoms with Crippen LogP contribution in [-0.4, -0.2) is 14.9 Å². The van der Waals surface area contributed by atoms with Gasteiger partial charge in [0, 0.05) is 37.7 Å². The summed E-state index contributed by atoms with van der Waals surface area (Å²) in [6, 6.07) is 8.07. The maximum Gasteiger partial charge on any atom is 0.332 e. The standard InChI is InChI=1S/C21H23N3O3/c1-4-12-8-10-13(11-9-12)16-17-14(6-5-7-15(17)25)22-19-18(16)20(26)24(3)21(27)23(19)2/h8-11,16,22H,4-7H2,1-3H3/t16-/m0/s1. The van der Waals surface area contributed by atoms with Crippen LogP contribution in [0.5, 0.6) is 0 Å². The van der Waals surface area contributed by atoms with Gasteiger partial charge in [0.1, 0.15) is 5.82 Å². The highest BCUT2D eigenvalue weighted by molar-refractivity contribution is 6.00. The zero-order chi connectivity index (χ0) is 19.3. The number of fused-ring (bicyclic) bond motifs is 1. The van der Waals surface area contributed by atoms with E-state index in [2.05, 4.69) is 12.2 Å². The molecule has 140 valence electrons. The molecule has 1 atom stereocenters. The third-order valence-corrected chi connectivity index (χ3v) is 5.72. The van der Waals surface area contributed by atoms with Crippen LogP contribution in [0.4, 0.5) is 5.82 Å². The Morgan fingerprint density at radius 3 is 2.41 bits per heavy atom. The van der Waals surface area contributed by atoms with Crippen molar-refractivity contribution in [1.82, 2.24) is 9.13 Å². The fourth-order valence-electron chi connectivity index (χ4n) is 4.18. The maximum absolute atomic E-state index is 13.1. The van der Waals surface area contributed by atoms with Crippen LogP contribution in [0.3, 0.4) is 0 Å². The number of benzene rings is 1. The minimum atomic E-state index is -0.444. The SMILES string of the molecule is CCc1ccc([C@H]2C3=C(CCCC3=O)Nc3c2c(=O)n(C)c(=O)n3C)cc1. The summed E-state index contributed by atoms with van der Waals surface area (Å²) in [4.78, 5) is 38.3. The van der Waals surface area contributed by atoms with Crippen molar-refractivity contribution in [1.29, 1.82) is 0 Å². The van der Waals surface area contributed by atoms with Crippen LogP contribution in [0, 0.1) is 0 Å². The number of carbonyl (C=O) groups is 1. The molecule has 0 bridgehead atoms. The molecule has 6 heteroatoms. The monoisotopic (exact) mass is 365 g/mol. The molecule has 0 fully saturated rings. The molecule has 0 unspecified atom stereocenters. The van der Waals surface area contributed by atoms with E-state index in [0.717, 1.165) is 35.1 Å². The Morgan fingerprint density at radius 1 is 1.04 bits per heavy atom. The van der Waals surface area contributed by atoms with Crippen LogP contribution < -0.4 is 16.6 Å². The summed E-state index contributed by atoms with van der Waals surface area (Å²) < 4.78 is 2.58. The van der Waals surface area contributed by atoms with Crippen LogP contribution >= 0.6 is 0 Å². The molecular formula is C21H23N3O3. The van der Waals surface area contributed by atoms with E-state index >= 15 is 0 Å². The molecule has 0 amide bonds. The number of ketones is 1. The van der Waals surface area contributed by atoms with Crippen molar-refractivity contribution in [2.45, 2.75) is 38.5 Å². The topological polar surface area (TPSA) is 73.1 Å². The van der Waals surface area contributed by atoms with Gasteiger partial charge in [-0.1, -0.05) is 31.2 Å². The normalized spacial score (nSPS) is 18.8. The van der Waals surface area contributed by atoms with Crippen LogP contribution in [-0.2, 0) is 25.3 Å². The van der Waals surface area contributed by atoms with Gasteiger partial charge in [-0.2, -0.15) is 0 Å². The number of allylic oxidation sites excluding steroid dienone is 2.